The zero-order valence-electron chi connectivity index (χ0n) is 7.51. The Morgan fingerprint density at radius 1 is 1.57 bits per heavy atom. The number of nitrogens with zero attached hydrogens (tertiary/aromatic N) is 4. The predicted molar refractivity (Wildman–Crippen MR) is 48.8 cm³/mol. The van der Waals surface area contributed by atoms with Crippen LogP contribution in [0.25, 0.3) is 11.6 Å². The molecule has 0 aliphatic carbocycles. The second-order valence-corrected chi connectivity index (χ2v) is 3.11. The van der Waals surface area contributed by atoms with Crippen molar-refractivity contribution < 1.29 is 9.26 Å². The van der Waals surface area contributed by atoms with E-state index in [-0.39, 0.29) is 0 Å². The van der Waals surface area contributed by atoms with Gasteiger partial charge in [-0.25, -0.2) is 0 Å². The molecule has 0 fully saturated rings. The fourth-order valence-electron chi connectivity index (χ4n) is 0.912. The van der Waals surface area contributed by atoms with Crippen molar-refractivity contribution in [2.24, 2.45) is 0 Å². The third kappa shape index (κ3) is 1.94. The van der Waals surface area contributed by atoms with E-state index in [2.05, 4.69) is 18.9 Å². The van der Waals surface area contributed by atoms with Gasteiger partial charge in [0.15, 0.2) is 11.5 Å². The monoisotopic (exact) mass is 212 g/mol. The number of rotatable bonds is 4. The molecule has 0 saturated heterocycles. The highest BCUT2D eigenvalue weighted by Crippen LogP contribution is 2.13. The van der Waals surface area contributed by atoms with Gasteiger partial charge in [-0.15, -0.1) is 0 Å². The van der Waals surface area contributed by atoms with Crippen molar-refractivity contribution in [1.29, 1.82) is 0 Å². The molecule has 7 heteroatoms. The molecule has 2 aromatic rings. The molecule has 6 nitrogen and oxygen atoms in total. The van der Waals surface area contributed by atoms with Crippen molar-refractivity contribution in [2.45, 2.75) is 6.42 Å². The van der Waals surface area contributed by atoms with Crippen molar-refractivity contribution in [3.8, 4) is 11.6 Å². The van der Waals surface area contributed by atoms with Gasteiger partial charge in [0.05, 0.1) is 24.5 Å². The average molecular weight is 212 g/mol. The van der Waals surface area contributed by atoms with Crippen LogP contribution in [-0.4, -0.2) is 32.6 Å². The Bertz CT molecular complexity index is 386. The molecule has 0 unspecified atom stereocenters. The molecule has 0 saturated carbocycles. The summed E-state index contributed by atoms with van der Waals surface area (Å²) < 4.78 is 17.7. The van der Waals surface area contributed by atoms with E-state index < -0.39 is 0 Å². The quantitative estimate of drug-likeness (QED) is 0.745. The summed E-state index contributed by atoms with van der Waals surface area (Å²) in [5.41, 5.74) is 0.617. The Labute approximate surface area is 84.2 Å². The number of methoxy groups -OCH3 is 1. The largest absolute Gasteiger partial charge is 0.384 e. The van der Waals surface area contributed by atoms with Gasteiger partial charge in [-0.3, -0.25) is 0 Å². The van der Waals surface area contributed by atoms with E-state index >= 15 is 0 Å². The van der Waals surface area contributed by atoms with Crippen molar-refractivity contribution in [2.75, 3.05) is 13.7 Å². The molecular formula is C7H8N4O2S. The lowest BCUT2D eigenvalue weighted by atomic mass is 10.4. The summed E-state index contributed by atoms with van der Waals surface area (Å²) in [7, 11) is 1.63. The van der Waals surface area contributed by atoms with E-state index in [1.165, 1.54) is 0 Å². The molecule has 74 valence electrons. The zero-order valence-corrected chi connectivity index (χ0v) is 8.32. The number of hydrogen-bond donors (Lipinski definition) is 0. The fourth-order valence-corrected chi connectivity index (χ4v) is 1.32. The predicted octanol–water partition coefficient (Wildman–Crippen LogP) is 0.777. The Balaban J connectivity index is 2.10. The molecule has 14 heavy (non-hydrogen) atoms. The smallest absolute Gasteiger partial charge is 0.279 e. The van der Waals surface area contributed by atoms with Crippen molar-refractivity contribution in [3.05, 3.63) is 12.0 Å². The molecule has 0 N–H and O–H groups in total. The van der Waals surface area contributed by atoms with E-state index in [1.807, 2.05) is 0 Å². The molecule has 2 aromatic heterocycles. The van der Waals surface area contributed by atoms with Crippen LogP contribution < -0.4 is 0 Å². The lowest BCUT2D eigenvalue weighted by Crippen LogP contribution is -1.96. The first-order valence-corrected chi connectivity index (χ1v) is 4.72. The molecule has 0 radical (unpaired) electrons. The minimum absolute atomic E-state index is 0.407. The van der Waals surface area contributed by atoms with Crippen LogP contribution in [0.15, 0.2) is 10.7 Å². The van der Waals surface area contributed by atoms with Crippen LogP contribution in [0.5, 0.6) is 0 Å². The van der Waals surface area contributed by atoms with Crippen LogP contribution in [0.3, 0.4) is 0 Å². The Kier molecular flexibility index (Phi) is 2.80. The number of ether oxygens (including phenoxy) is 1. The van der Waals surface area contributed by atoms with Gasteiger partial charge in [0, 0.05) is 13.5 Å². The van der Waals surface area contributed by atoms with Crippen LogP contribution in [0, 0.1) is 0 Å². The van der Waals surface area contributed by atoms with E-state index in [4.69, 9.17) is 9.26 Å². The van der Waals surface area contributed by atoms with Crippen LogP contribution in [0.4, 0.5) is 0 Å². The maximum absolute atomic E-state index is 4.99. The highest BCUT2D eigenvalue weighted by atomic mass is 32.1. The lowest BCUT2D eigenvalue weighted by Gasteiger charge is -1.89. The van der Waals surface area contributed by atoms with Gasteiger partial charge >= 0.3 is 0 Å². The van der Waals surface area contributed by atoms with Crippen LogP contribution in [-0.2, 0) is 11.2 Å². The van der Waals surface area contributed by atoms with E-state index in [1.54, 1.807) is 13.3 Å². The van der Waals surface area contributed by atoms with Crippen molar-refractivity contribution in [1.82, 2.24) is 18.9 Å². The second-order valence-electron chi connectivity index (χ2n) is 2.55. The maximum Gasteiger partial charge on any atom is 0.279 e. The van der Waals surface area contributed by atoms with Gasteiger partial charge in [-0.1, -0.05) is 5.16 Å². The molecule has 0 aromatic carbocycles. The lowest BCUT2D eigenvalue weighted by molar-refractivity contribution is 0.199. The first-order chi connectivity index (χ1) is 6.90. The van der Waals surface area contributed by atoms with Gasteiger partial charge in [0.1, 0.15) is 0 Å². The Hall–Kier alpha value is -1.34. The summed E-state index contributed by atoms with van der Waals surface area (Å²) in [6.07, 6.45) is 2.23. The van der Waals surface area contributed by atoms with Crippen molar-refractivity contribution in [3.63, 3.8) is 0 Å². The van der Waals surface area contributed by atoms with E-state index in [9.17, 15) is 0 Å². The van der Waals surface area contributed by atoms with Gasteiger partial charge < -0.3 is 9.26 Å². The first-order valence-electron chi connectivity index (χ1n) is 3.99. The van der Waals surface area contributed by atoms with E-state index in [0.29, 0.717) is 30.4 Å². The first kappa shape index (κ1) is 9.22. The molecule has 0 bridgehead atoms. The summed E-state index contributed by atoms with van der Waals surface area (Å²) in [5.74, 6) is 1.03. The van der Waals surface area contributed by atoms with Crippen LogP contribution in [0.2, 0.25) is 0 Å². The van der Waals surface area contributed by atoms with Gasteiger partial charge in [0.25, 0.3) is 5.89 Å². The van der Waals surface area contributed by atoms with Gasteiger partial charge in [-0.2, -0.15) is 13.7 Å². The Morgan fingerprint density at radius 2 is 2.50 bits per heavy atom. The molecule has 0 amide bonds. The standard InChI is InChI=1S/C7H8N4O2S/c1-12-3-2-6-9-7(13-10-6)5-4-8-14-11-5/h4H,2-3H2,1H3. The van der Waals surface area contributed by atoms with Crippen LogP contribution in [0.1, 0.15) is 5.82 Å². The topological polar surface area (TPSA) is 73.9 Å². The third-order valence-corrected chi connectivity index (χ3v) is 2.06. The highest BCUT2D eigenvalue weighted by Gasteiger charge is 2.10. The van der Waals surface area contributed by atoms with E-state index in [0.717, 1.165) is 11.7 Å². The minimum atomic E-state index is 0.407. The summed E-state index contributed by atoms with van der Waals surface area (Å²) in [5, 5.41) is 3.78. The molecule has 0 aliphatic rings. The third-order valence-electron chi connectivity index (χ3n) is 1.58. The normalized spacial score (nSPS) is 10.6. The molecular weight excluding hydrogens is 204 g/mol. The van der Waals surface area contributed by atoms with Crippen molar-refractivity contribution >= 4 is 11.7 Å². The van der Waals surface area contributed by atoms with Gasteiger partial charge in [0.2, 0.25) is 0 Å². The molecule has 0 atom stereocenters. The summed E-state index contributed by atoms with van der Waals surface area (Å²) in [4.78, 5) is 4.14. The zero-order chi connectivity index (χ0) is 9.80. The molecule has 0 aliphatic heterocycles. The summed E-state index contributed by atoms with van der Waals surface area (Å²) in [6.45, 7) is 0.578. The SMILES string of the molecule is COCCc1noc(-c2cnsn2)n1. The molecule has 2 heterocycles. The maximum atomic E-state index is 4.99. The number of aromatic nitrogens is 4. The second kappa shape index (κ2) is 4.25. The average Bonchev–Trinajstić information content (AvgIpc) is 2.85. The fraction of sp³-hybridized carbons (Fsp3) is 0.429. The summed E-state index contributed by atoms with van der Waals surface area (Å²) in [6, 6.07) is 0. The Morgan fingerprint density at radius 3 is 3.21 bits per heavy atom. The highest BCUT2D eigenvalue weighted by molar-refractivity contribution is 6.99. The summed E-state index contributed by atoms with van der Waals surface area (Å²) >= 11 is 1.11. The van der Waals surface area contributed by atoms with Crippen LogP contribution >= 0.6 is 11.7 Å². The number of hydrogen-bond acceptors (Lipinski definition) is 7. The molecule has 2 rings (SSSR count). The molecule has 0 spiro atoms. The van der Waals surface area contributed by atoms with Gasteiger partial charge in [-0.05, 0) is 0 Å². The minimum Gasteiger partial charge on any atom is -0.384 e.